The number of rotatable bonds is 9. The smallest absolute Gasteiger partial charge is 0.265 e. The van der Waals surface area contributed by atoms with E-state index in [1.165, 1.54) is 0 Å². The fourth-order valence-electron chi connectivity index (χ4n) is 8.52. The summed E-state index contributed by atoms with van der Waals surface area (Å²) in [6.45, 7) is 1.36. The van der Waals surface area contributed by atoms with Gasteiger partial charge in [-0.2, -0.15) is 0 Å². The summed E-state index contributed by atoms with van der Waals surface area (Å²) in [5.74, 6) is -6.70. The second-order valence-electron chi connectivity index (χ2n) is 14.4. The molecule has 2 N–H and O–H groups in total. The zero-order valence-corrected chi connectivity index (χ0v) is 28.9. The molecule has 8 rings (SSSR count). The summed E-state index contributed by atoms with van der Waals surface area (Å²) >= 11 is 0. The van der Waals surface area contributed by atoms with Gasteiger partial charge >= 0.3 is 0 Å². The lowest BCUT2D eigenvalue weighted by Gasteiger charge is -2.49. The van der Waals surface area contributed by atoms with Gasteiger partial charge in [-0.25, -0.2) is 8.78 Å². The van der Waals surface area contributed by atoms with Gasteiger partial charge in [-0.05, 0) is 75.1 Å². The summed E-state index contributed by atoms with van der Waals surface area (Å²) in [7, 11) is 3.47. The highest BCUT2D eigenvalue weighted by molar-refractivity contribution is 6.16. The first kappa shape index (κ1) is 34.2. The molecule has 0 bridgehead atoms. The topological polar surface area (TPSA) is 126 Å². The summed E-state index contributed by atoms with van der Waals surface area (Å²) in [5, 5.41) is 28.5. The molecule has 2 heterocycles. The third-order valence-corrected chi connectivity index (χ3v) is 11.0. The van der Waals surface area contributed by atoms with E-state index in [0.29, 0.717) is 18.7 Å². The van der Waals surface area contributed by atoms with Crippen molar-refractivity contribution in [3.63, 3.8) is 0 Å². The molecule has 0 radical (unpaired) electrons. The number of Topliss-reactive ketones (excluding diaryl/α,β-unsaturated/α-hetero) is 2. The third kappa shape index (κ3) is 5.43. The first-order chi connectivity index (χ1) is 25.1. The van der Waals surface area contributed by atoms with Crippen molar-refractivity contribution in [3.8, 4) is 11.6 Å². The molecule has 4 aliphatic rings. The minimum atomic E-state index is -2.59. The molecule has 1 fully saturated rings. The minimum Gasteiger partial charge on any atom is -0.508 e. The van der Waals surface area contributed by atoms with Gasteiger partial charge in [-0.15, -0.1) is 0 Å². The fourth-order valence-corrected chi connectivity index (χ4v) is 8.52. The van der Waals surface area contributed by atoms with Gasteiger partial charge in [0, 0.05) is 29.2 Å². The van der Waals surface area contributed by atoms with Crippen LogP contribution in [0.1, 0.15) is 74.0 Å². The van der Waals surface area contributed by atoms with Crippen molar-refractivity contribution in [3.05, 3.63) is 123 Å². The standard InChI is InChI=1S/C40H39F2N3O7/c1-44(2)33-27-18-24-17-25-29(35(50-20-22-11-5-3-6-12-22)32(42)26(31(25)41)19-45-15-9-10-16-45)34(46)28(24)37(47)40(27,49)38(48)30-36(33)52-43-39(30)51-21-23-13-7-4-8-14-23/h3-8,11-14,24,27,33,47,49H,9-10,15-21H2,1-2H3/t24-,27-,33-,40-/m0/s1. The molecule has 3 aromatic carbocycles. The number of halogens is 2. The number of aromatic nitrogens is 1. The van der Waals surface area contributed by atoms with Crippen molar-refractivity contribution < 1.29 is 42.6 Å². The lowest BCUT2D eigenvalue weighted by atomic mass is 9.58. The summed E-state index contributed by atoms with van der Waals surface area (Å²) in [6, 6.07) is 17.4. The van der Waals surface area contributed by atoms with Crippen LogP contribution >= 0.6 is 0 Å². The Balaban J connectivity index is 1.23. The highest BCUT2D eigenvalue weighted by Crippen LogP contribution is 2.57. The van der Waals surface area contributed by atoms with Crippen molar-refractivity contribution in [2.75, 3.05) is 27.2 Å². The van der Waals surface area contributed by atoms with Crippen LogP contribution < -0.4 is 9.47 Å². The van der Waals surface area contributed by atoms with Crippen molar-refractivity contribution in [1.29, 1.82) is 0 Å². The fraction of sp³-hybridized carbons (Fsp3) is 0.375. The molecule has 1 aromatic heterocycles. The van der Waals surface area contributed by atoms with E-state index in [1.807, 2.05) is 41.3 Å². The number of likely N-dealkylation sites (tertiary alicyclic amines) is 1. The average molecular weight is 712 g/mol. The van der Waals surface area contributed by atoms with Crippen LogP contribution in [0.2, 0.25) is 0 Å². The lowest BCUT2D eigenvalue weighted by Crippen LogP contribution is -2.59. The normalized spacial score (nSPS) is 24.1. The Morgan fingerprint density at radius 3 is 2.21 bits per heavy atom. The van der Waals surface area contributed by atoms with Crippen LogP contribution in [0.25, 0.3) is 0 Å². The summed E-state index contributed by atoms with van der Waals surface area (Å²) in [4.78, 5) is 32.7. The van der Waals surface area contributed by atoms with Crippen LogP contribution in [-0.4, -0.2) is 69.5 Å². The number of fused-ring (bicyclic) bond motifs is 4. The van der Waals surface area contributed by atoms with E-state index in [9.17, 15) is 19.8 Å². The van der Waals surface area contributed by atoms with Crippen LogP contribution in [-0.2, 0) is 26.2 Å². The number of carbonyl (C=O) groups excluding carboxylic acids is 2. The van der Waals surface area contributed by atoms with Crippen LogP contribution in [0.3, 0.4) is 0 Å². The van der Waals surface area contributed by atoms with Gasteiger partial charge < -0.3 is 24.2 Å². The van der Waals surface area contributed by atoms with Crippen molar-refractivity contribution >= 4 is 11.6 Å². The number of benzene rings is 3. The van der Waals surface area contributed by atoms with E-state index in [2.05, 4.69) is 5.16 Å². The Hall–Kier alpha value is -4.91. The molecule has 10 nitrogen and oxygen atoms in total. The first-order valence-electron chi connectivity index (χ1n) is 17.6. The molecular formula is C40H39F2N3O7. The summed E-state index contributed by atoms with van der Waals surface area (Å²) in [5.41, 5.74) is -2.01. The predicted octanol–water partition coefficient (Wildman–Crippen LogP) is 6.12. The highest BCUT2D eigenvalue weighted by atomic mass is 19.1. The van der Waals surface area contributed by atoms with Gasteiger partial charge in [-0.3, -0.25) is 19.4 Å². The van der Waals surface area contributed by atoms with Crippen molar-refractivity contribution in [2.45, 2.75) is 57.1 Å². The third-order valence-electron chi connectivity index (χ3n) is 11.0. The maximum atomic E-state index is 16.6. The molecule has 1 saturated heterocycles. The van der Waals surface area contributed by atoms with Gasteiger partial charge in [0.25, 0.3) is 5.88 Å². The molecule has 3 aliphatic carbocycles. The number of allylic oxidation sites excluding steroid dienone is 1. The second kappa shape index (κ2) is 13.3. The second-order valence-corrected chi connectivity index (χ2v) is 14.4. The molecule has 1 aliphatic heterocycles. The number of hydrogen-bond donors (Lipinski definition) is 2. The molecule has 0 spiro atoms. The monoisotopic (exact) mass is 711 g/mol. The van der Waals surface area contributed by atoms with Crippen LogP contribution in [0, 0.1) is 23.5 Å². The number of ether oxygens (including phenoxy) is 2. The molecular weight excluding hydrogens is 672 g/mol. The Kier molecular flexibility index (Phi) is 8.71. The quantitative estimate of drug-likeness (QED) is 0.210. The van der Waals surface area contributed by atoms with Gasteiger partial charge in [0.15, 0.2) is 28.7 Å². The van der Waals surface area contributed by atoms with Crippen LogP contribution in [0.5, 0.6) is 11.6 Å². The molecule has 52 heavy (non-hydrogen) atoms. The van der Waals surface area contributed by atoms with E-state index in [-0.39, 0.29) is 72.1 Å². The molecule has 4 atom stereocenters. The minimum absolute atomic E-state index is 0.00357. The van der Waals surface area contributed by atoms with Crippen LogP contribution in [0.15, 0.2) is 76.5 Å². The van der Waals surface area contributed by atoms with Crippen molar-refractivity contribution in [1.82, 2.24) is 15.0 Å². The van der Waals surface area contributed by atoms with Gasteiger partial charge in [0.1, 0.15) is 30.4 Å². The van der Waals surface area contributed by atoms with E-state index in [0.717, 1.165) is 18.4 Å². The number of aliphatic hydroxyl groups is 2. The van der Waals surface area contributed by atoms with E-state index in [1.54, 1.807) is 43.3 Å². The predicted molar refractivity (Wildman–Crippen MR) is 184 cm³/mol. The number of aliphatic hydroxyl groups excluding tert-OH is 1. The van der Waals surface area contributed by atoms with Crippen molar-refractivity contribution in [2.24, 2.45) is 11.8 Å². The van der Waals surface area contributed by atoms with E-state index in [4.69, 9.17) is 14.0 Å². The van der Waals surface area contributed by atoms with Gasteiger partial charge in [-0.1, -0.05) is 60.7 Å². The maximum Gasteiger partial charge on any atom is 0.265 e. The maximum absolute atomic E-state index is 16.6. The highest BCUT2D eigenvalue weighted by Gasteiger charge is 2.64. The summed E-state index contributed by atoms with van der Waals surface area (Å²) < 4.78 is 50.8. The van der Waals surface area contributed by atoms with Crippen LogP contribution in [0.4, 0.5) is 8.78 Å². The molecule has 270 valence electrons. The number of hydrogen-bond acceptors (Lipinski definition) is 10. The first-order valence-corrected chi connectivity index (χ1v) is 17.6. The zero-order valence-electron chi connectivity index (χ0n) is 28.9. The Morgan fingerprint density at radius 1 is 0.942 bits per heavy atom. The molecule has 4 aromatic rings. The largest absolute Gasteiger partial charge is 0.508 e. The Morgan fingerprint density at radius 2 is 1.58 bits per heavy atom. The van der Waals surface area contributed by atoms with Gasteiger partial charge in [0.05, 0.1) is 11.6 Å². The number of carbonyl (C=O) groups is 2. The SMILES string of the molecule is CN(C)[C@@H]1c2onc(OCc3ccccc3)c2C(=O)[C@@]2(O)C(O)=C3C(=O)c4c(c(F)c(CN5CCCC5)c(F)c4OCc4ccccc4)C[C@H]3C[C@@H]12. The zero-order chi connectivity index (χ0) is 36.3. The molecule has 0 amide bonds. The number of nitrogens with zero attached hydrogens (tertiary/aromatic N) is 3. The van der Waals surface area contributed by atoms with E-state index >= 15 is 8.78 Å². The molecule has 0 unspecified atom stereocenters. The summed E-state index contributed by atoms with van der Waals surface area (Å²) in [6.07, 6.45) is 1.76. The van der Waals surface area contributed by atoms with Gasteiger partial charge in [0.2, 0.25) is 5.78 Å². The van der Waals surface area contributed by atoms with E-state index < -0.39 is 58.2 Å². The molecule has 12 heteroatoms. The lowest BCUT2D eigenvalue weighted by molar-refractivity contribution is -0.0560. The Labute approximate surface area is 299 Å². The molecule has 0 saturated carbocycles. The number of ketones is 2. The Bertz CT molecular complexity index is 2080. The average Bonchev–Trinajstić information content (AvgIpc) is 3.82.